The first-order chi connectivity index (χ1) is 6.61. The summed E-state index contributed by atoms with van der Waals surface area (Å²) in [5.74, 6) is -0.132. The van der Waals surface area contributed by atoms with Crippen LogP contribution in [0.5, 0.6) is 0 Å². The molecule has 1 N–H and O–H groups in total. The third-order valence-corrected chi connectivity index (χ3v) is 4.73. The minimum Gasteiger partial charge on any atom is -0.344 e. The van der Waals surface area contributed by atoms with E-state index in [4.69, 9.17) is 0 Å². The third kappa shape index (κ3) is 3.03. The fourth-order valence-corrected chi connectivity index (χ4v) is 2.51. The maximum absolute atomic E-state index is 11.6. The molecule has 78 valence electrons. The summed E-state index contributed by atoms with van der Waals surface area (Å²) in [4.78, 5) is 15.6. The highest BCUT2D eigenvalue weighted by Crippen LogP contribution is 2.12. The minimum absolute atomic E-state index is 0.132. The van der Waals surface area contributed by atoms with Crippen molar-refractivity contribution in [3.63, 3.8) is 0 Å². The van der Waals surface area contributed by atoms with E-state index >= 15 is 0 Å². The lowest BCUT2D eigenvalue weighted by atomic mass is 10.1. The second-order valence-corrected chi connectivity index (χ2v) is 5.00. The molecule has 1 heterocycles. The molecule has 0 spiro atoms. The number of aromatic nitrogens is 1. The number of nitrogens with one attached hydrogen (secondary N) is 1. The molecule has 3 nitrogen and oxygen atoms in total. The van der Waals surface area contributed by atoms with Gasteiger partial charge in [-0.2, -0.15) is 0 Å². The Hall–Kier alpha value is 0.0600. The van der Waals surface area contributed by atoms with Gasteiger partial charge < -0.3 is 5.32 Å². The first-order valence-corrected chi connectivity index (χ1v) is 7.12. The summed E-state index contributed by atoms with van der Waals surface area (Å²) in [7, 11) is 0. The Balaban J connectivity index is 2.65. The Kier molecular flexibility index (Phi) is 4.53. The summed E-state index contributed by atoms with van der Waals surface area (Å²) in [5, 5.41) is 6.03. The molecular formula is C8H10Br2N2OS. The van der Waals surface area contributed by atoms with Crippen molar-refractivity contribution < 1.29 is 4.79 Å². The highest BCUT2D eigenvalue weighted by atomic mass is 79.9. The molecule has 0 aliphatic carbocycles. The minimum atomic E-state index is -0.277. The fourth-order valence-electron chi connectivity index (χ4n) is 0.765. The van der Waals surface area contributed by atoms with E-state index in [9.17, 15) is 4.79 Å². The van der Waals surface area contributed by atoms with E-state index in [2.05, 4.69) is 42.2 Å². The number of thiazole rings is 1. The topological polar surface area (TPSA) is 42.0 Å². The molecule has 0 aromatic carbocycles. The SMILES string of the molecule is CC(CBr)(CBr)NC(=O)c1cscn1. The van der Waals surface area contributed by atoms with E-state index in [0.29, 0.717) is 16.4 Å². The van der Waals surface area contributed by atoms with Crippen LogP contribution in [0, 0.1) is 0 Å². The monoisotopic (exact) mass is 340 g/mol. The predicted molar refractivity (Wildman–Crippen MR) is 65.6 cm³/mol. The number of alkyl halides is 2. The molecule has 1 aromatic rings. The lowest BCUT2D eigenvalue weighted by molar-refractivity contribution is 0.0918. The van der Waals surface area contributed by atoms with Gasteiger partial charge in [-0.05, 0) is 6.92 Å². The number of rotatable bonds is 4. The van der Waals surface area contributed by atoms with Gasteiger partial charge in [-0.15, -0.1) is 11.3 Å². The van der Waals surface area contributed by atoms with Crippen LogP contribution < -0.4 is 5.32 Å². The normalized spacial score (nSPS) is 11.4. The van der Waals surface area contributed by atoms with Crippen LogP contribution in [0.3, 0.4) is 0 Å². The maximum Gasteiger partial charge on any atom is 0.271 e. The highest BCUT2D eigenvalue weighted by Gasteiger charge is 2.24. The second-order valence-electron chi connectivity index (χ2n) is 3.16. The largest absolute Gasteiger partial charge is 0.344 e. The van der Waals surface area contributed by atoms with Crippen molar-refractivity contribution >= 4 is 49.1 Å². The molecule has 0 aliphatic rings. The molecule has 0 aliphatic heterocycles. The molecule has 1 amide bonds. The maximum atomic E-state index is 11.6. The van der Waals surface area contributed by atoms with Gasteiger partial charge in [-0.1, -0.05) is 31.9 Å². The van der Waals surface area contributed by atoms with Crippen LogP contribution in [0.15, 0.2) is 10.9 Å². The summed E-state index contributed by atoms with van der Waals surface area (Å²) in [6, 6.07) is 0. The first kappa shape index (κ1) is 12.1. The zero-order chi connectivity index (χ0) is 10.6. The molecule has 0 unspecified atom stereocenters. The zero-order valence-corrected chi connectivity index (χ0v) is 11.6. The Labute approximate surface area is 104 Å². The third-order valence-electron chi connectivity index (χ3n) is 1.67. The van der Waals surface area contributed by atoms with Gasteiger partial charge in [0.25, 0.3) is 5.91 Å². The van der Waals surface area contributed by atoms with Gasteiger partial charge in [-0.3, -0.25) is 4.79 Å². The predicted octanol–water partition coefficient (Wildman–Crippen LogP) is 2.42. The number of carbonyl (C=O) groups is 1. The van der Waals surface area contributed by atoms with Gasteiger partial charge in [0.2, 0.25) is 0 Å². The van der Waals surface area contributed by atoms with Crippen LogP contribution in [0.4, 0.5) is 0 Å². The van der Waals surface area contributed by atoms with E-state index < -0.39 is 0 Å². The van der Waals surface area contributed by atoms with Gasteiger partial charge in [0.1, 0.15) is 5.69 Å². The lowest BCUT2D eigenvalue weighted by Crippen LogP contribution is -2.49. The second kappa shape index (κ2) is 5.23. The van der Waals surface area contributed by atoms with Crippen LogP contribution in [0.2, 0.25) is 0 Å². The summed E-state index contributed by atoms with van der Waals surface area (Å²) >= 11 is 8.14. The quantitative estimate of drug-likeness (QED) is 0.854. The Morgan fingerprint density at radius 3 is 2.71 bits per heavy atom. The number of hydrogen-bond donors (Lipinski definition) is 1. The average molecular weight is 342 g/mol. The molecule has 0 saturated carbocycles. The van der Waals surface area contributed by atoms with E-state index in [1.165, 1.54) is 11.3 Å². The van der Waals surface area contributed by atoms with Gasteiger partial charge in [-0.25, -0.2) is 4.98 Å². The van der Waals surface area contributed by atoms with E-state index in [-0.39, 0.29) is 11.4 Å². The molecule has 0 bridgehead atoms. The Morgan fingerprint density at radius 1 is 1.64 bits per heavy atom. The fraction of sp³-hybridized carbons (Fsp3) is 0.500. The summed E-state index contributed by atoms with van der Waals surface area (Å²) in [6.07, 6.45) is 0. The summed E-state index contributed by atoms with van der Waals surface area (Å²) in [6.45, 7) is 1.96. The Bertz CT molecular complexity index is 298. The van der Waals surface area contributed by atoms with Crippen molar-refractivity contribution in [1.29, 1.82) is 0 Å². The van der Waals surface area contributed by atoms with Crippen molar-refractivity contribution in [3.8, 4) is 0 Å². The number of halogens is 2. The molecule has 0 saturated heterocycles. The molecule has 0 fully saturated rings. The van der Waals surface area contributed by atoms with Crippen molar-refractivity contribution in [3.05, 3.63) is 16.6 Å². The van der Waals surface area contributed by atoms with Crippen molar-refractivity contribution in [2.24, 2.45) is 0 Å². The van der Waals surface area contributed by atoms with E-state index in [1.54, 1.807) is 10.9 Å². The lowest BCUT2D eigenvalue weighted by Gasteiger charge is -2.25. The smallest absolute Gasteiger partial charge is 0.271 e. The van der Waals surface area contributed by atoms with Crippen LogP contribution in [0.1, 0.15) is 17.4 Å². The van der Waals surface area contributed by atoms with Crippen molar-refractivity contribution in [2.75, 3.05) is 10.7 Å². The van der Waals surface area contributed by atoms with Crippen molar-refractivity contribution in [1.82, 2.24) is 10.3 Å². The average Bonchev–Trinajstić information content (AvgIpc) is 2.70. The van der Waals surface area contributed by atoms with Gasteiger partial charge in [0, 0.05) is 16.0 Å². The number of nitrogens with zero attached hydrogens (tertiary/aromatic N) is 1. The highest BCUT2D eigenvalue weighted by molar-refractivity contribution is 9.09. The Morgan fingerprint density at radius 2 is 2.29 bits per heavy atom. The van der Waals surface area contributed by atoms with E-state index in [1.807, 2.05) is 6.92 Å². The first-order valence-electron chi connectivity index (χ1n) is 3.94. The number of amides is 1. The van der Waals surface area contributed by atoms with Crippen molar-refractivity contribution in [2.45, 2.75) is 12.5 Å². The van der Waals surface area contributed by atoms with Crippen LogP contribution in [-0.2, 0) is 0 Å². The van der Waals surface area contributed by atoms with Crippen LogP contribution >= 0.6 is 43.2 Å². The molecule has 1 rings (SSSR count). The zero-order valence-electron chi connectivity index (χ0n) is 7.59. The van der Waals surface area contributed by atoms with Crippen LogP contribution in [-0.4, -0.2) is 27.1 Å². The molecule has 6 heteroatoms. The van der Waals surface area contributed by atoms with Crippen LogP contribution in [0.25, 0.3) is 0 Å². The molecular weight excluding hydrogens is 332 g/mol. The molecule has 14 heavy (non-hydrogen) atoms. The van der Waals surface area contributed by atoms with Gasteiger partial charge >= 0.3 is 0 Å². The number of hydrogen-bond acceptors (Lipinski definition) is 3. The van der Waals surface area contributed by atoms with Gasteiger partial charge in [0.15, 0.2) is 0 Å². The molecule has 0 atom stereocenters. The summed E-state index contributed by atoms with van der Waals surface area (Å²) < 4.78 is 0. The standard InChI is InChI=1S/C8H10Br2N2OS/c1-8(3-9,4-10)12-7(13)6-2-14-5-11-6/h2,5H,3-4H2,1H3,(H,12,13). The molecule has 0 radical (unpaired) electrons. The summed E-state index contributed by atoms with van der Waals surface area (Å²) in [5.41, 5.74) is 1.85. The molecule has 1 aromatic heterocycles. The number of carbonyl (C=O) groups excluding carboxylic acids is 1. The van der Waals surface area contributed by atoms with E-state index in [0.717, 1.165) is 0 Å². The van der Waals surface area contributed by atoms with Gasteiger partial charge in [0.05, 0.1) is 11.0 Å².